The number of rotatable bonds is 8. The highest BCUT2D eigenvalue weighted by Gasteiger charge is 2.13. The summed E-state index contributed by atoms with van der Waals surface area (Å²) in [5.41, 5.74) is 0.423. The fraction of sp³-hybridized carbons (Fsp3) is 0.500. The normalized spacial score (nSPS) is 10.7. The average molecular weight is 288 g/mol. The number of ether oxygens (including phenoxy) is 1. The molecule has 1 rings (SSSR count). The van der Waals surface area contributed by atoms with Crippen LogP contribution in [0.1, 0.15) is 0 Å². The minimum atomic E-state index is -0.439. The van der Waals surface area contributed by atoms with Crippen molar-refractivity contribution in [3.63, 3.8) is 0 Å². The monoisotopic (exact) mass is 287 g/mol. The highest BCUT2D eigenvalue weighted by atomic mass is 35.5. The number of hydrogen-bond donors (Lipinski definition) is 1. The van der Waals surface area contributed by atoms with E-state index in [1.807, 2.05) is 19.0 Å². The number of likely N-dealkylation sites (N-methyl/N-ethyl adjacent to an activating group) is 1. The molecule has 0 unspecified atom stereocenters. The van der Waals surface area contributed by atoms with Crippen LogP contribution in [0.3, 0.4) is 0 Å². The van der Waals surface area contributed by atoms with Gasteiger partial charge in [-0.15, -0.1) is 0 Å². The summed E-state index contributed by atoms with van der Waals surface area (Å²) >= 11 is 5.82. The molecular weight excluding hydrogens is 270 g/mol. The molecule has 0 saturated heterocycles. The van der Waals surface area contributed by atoms with Crippen LogP contribution < -0.4 is 5.32 Å². The summed E-state index contributed by atoms with van der Waals surface area (Å²) in [7, 11) is 3.94. The van der Waals surface area contributed by atoms with Crippen molar-refractivity contribution < 1.29 is 9.66 Å². The third-order valence-corrected chi connectivity index (χ3v) is 2.64. The first-order valence-electron chi connectivity index (χ1n) is 5.91. The lowest BCUT2D eigenvalue weighted by Gasteiger charge is -2.11. The van der Waals surface area contributed by atoms with Gasteiger partial charge in [-0.25, -0.2) is 0 Å². The molecule has 7 heteroatoms. The van der Waals surface area contributed by atoms with Crippen LogP contribution in [0.5, 0.6) is 0 Å². The molecule has 1 aromatic rings. The number of nitrogens with zero attached hydrogens (tertiary/aromatic N) is 2. The molecule has 0 heterocycles. The Kier molecular flexibility index (Phi) is 6.55. The second-order valence-corrected chi connectivity index (χ2v) is 4.70. The Morgan fingerprint density at radius 3 is 2.79 bits per heavy atom. The van der Waals surface area contributed by atoms with Crippen molar-refractivity contribution in [1.82, 2.24) is 4.90 Å². The summed E-state index contributed by atoms with van der Waals surface area (Å²) in [6, 6.07) is 4.43. The van der Waals surface area contributed by atoms with Gasteiger partial charge in [-0.05, 0) is 26.2 Å². The Morgan fingerprint density at radius 1 is 1.42 bits per heavy atom. The van der Waals surface area contributed by atoms with Gasteiger partial charge < -0.3 is 15.0 Å². The highest BCUT2D eigenvalue weighted by Crippen LogP contribution is 2.27. The number of nitrogens with one attached hydrogen (secondary N) is 1. The lowest BCUT2D eigenvalue weighted by atomic mass is 10.2. The molecule has 6 nitrogen and oxygen atoms in total. The first kappa shape index (κ1) is 15.7. The lowest BCUT2D eigenvalue weighted by Crippen LogP contribution is -2.20. The van der Waals surface area contributed by atoms with E-state index in [0.717, 1.165) is 6.54 Å². The zero-order valence-corrected chi connectivity index (χ0v) is 11.8. The minimum Gasteiger partial charge on any atom is -0.378 e. The van der Waals surface area contributed by atoms with E-state index in [1.165, 1.54) is 12.1 Å². The standard InChI is InChI=1S/C12H18ClN3O3/c1-15(2)6-8-19-7-5-14-11-9-10(13)3-4-12(11)16(17)18/h3-4,9,14H,5-8H2,1-2H3. The van der Waals surface area contributed by atoms with Crippen LogP contribution in [0.15, 0.2) is 18.2 Å². The number of halogens is 1. The van der Waals surface area contributed by atoms with E-state index in [2.05, 4.69) is 5.32 Å². The van der Waals surface area contributed by atoms with Crippen LogP contribution in [-0.2, 0) is 4.74 Å². The Labute approximate surface area is 117 Å². The Balaban J connectivity index is 2.40. The number of hydrogen-bond acceptors (Lipinski definition) is 5. The molecule has 0 saturated carbocycles. The van der Waals surface area contributed by atoms with Gasteiger partial charge in [-0.3, -0.25) is 10.1 Å². The molecule has 0 atom stereocenters. The van der Waals surface area contributed by atoms with Crippen LogP contribution in [0.4, 0.5) is 11.4 Å². The van der Waals surface area contributed by atoms with Gasteiger partial charge in [0.2, 0.25) is 0 Å². The van der Waals surface area contributed by atoms with Crippen LogP contribution >= 0.6 is 11.6 Å². The molecule has 0 aliphatic carbocycles. The van der Waals surface area contributed by atoms with Crippen molar-refractivity contribution in [2.24, 2.45) is 0 Å². The van der Waals surface area contributed by atoms with Gasteiger partial charge in [0.25, 0.3) is 5.69 Å². The van der Waals surface area contributed by atoms with Gasteiger partial charge in [-0.1, -0.05) is 11.6 Å². The molecule has 0 aliphatic rings. The van der Waals surface area contributed by atoms with E-state index in [4.69, 9.17) is 16.3 Å². The Hall–Kier alpha value is -1.37. The van der Waals surface area contributed by atoms with Gasteiger partial charge in [-0.2, -0.15) is 0 Å². The molecule has 19 heavy (non-hydrogen) atoms. The van der Waals surface area contributed by atoms with Crippen molar-refractivity contribution in [3.05, 3.63) is 33.3 Å². The Morgan fingerprint density at radius 2 is 2.16 bits per heavy atom. The van der Waals surface area contributed by atoms with E-state index in [9.17, 15) is 10.1 Å². The molecular formula is C12H18ClN3O3. The van der Waals surface area contributed by atoms with Crippen LogP contribution in [0, 0.1) is 10.1 Å². The summed E-state index contributed by atoms with van der Waals surface area (Å²) < 4.78 is 5.39. The topological polar surface area (TPSA) is 67.6 Å². The van der Waals surface area contributed by atoms with Crippen molar-refractivity contribution in [3.8, 4) is 0 Å². The summed E-state index contributed by atoms with van der Waals surface area (Å²) in [5, 5.41) is 14.2. The highest BCUT2D eigenvalue weighted by molar-refractivity contribution is 6.31. The van der Waals surface area contributed by atoms with Crippen LogP contribution in [0.2, 0.25) is 5.02 Å². The minimum absolute atomic E-state index is 0.0118. The zero-order valence-electron chi connectivity index (χ0n) is 11.1. The van der Waals surface area contributed by atoms with Crippen LogP contribution in [-0.4, -0.2) is 50.2 Å². The number of nitro groups is 1. The van der Waals surface area contributed by atoms with E-state index in [-0.39, 0.29) is 5.69 Å². The van der Waals surface area contributed by atoms with Gasteiger partial charge in [0.05, 0.1) is 18.1 Å². The molecule has 1 aromatic carbocycles. The smallest absolute Gasteiger partial charge is 0.292 e. The molecule has 0 spiro atoms. The maximum absolute atomic E-state index is 10.8. The van der Waals surface area contributed by atoms with Crippen molar-refractivity contribution in [1.29, 1.82) is 0 Å². The third kappa shape index (κ3) is 5.87. The fourth-order valence-electron chi connectivity index (χ4n) is 1.42. The first-order valence-corrected chi connectivity index (χ1v) is 6.29. The second-order valence-electron chi connectivity index (χ2n) is 4.26. The van der Waals surface area contributed by atoms with Crippen LogP contribution in [0.25, 0.3) is 0 Å². The SMILES string of the molecule is CN(C)CCOCCNc1cc(Cl)ccc1[N+](=O)[O-]. The summed E-state index contributed by atoms with van der Waals surface area (Å²) in [6.45, 7) is 2.45. The lowest BCUT2D eigenvalue weighted by molar-refractivity contribution is -0.384. The van der Waals surface area contributed by atoms with Crippen molar-refractivity contribution >= 4 is 23.0 Å². The molecule has 0 amide bonds. The number of nitro benzene ring substituents is 1. The molecule has 1 N–H and O–H groups in total. The van der Waals surface area contributed by atoms with Gasteiger partial charge in [0.15, 0.2) is 0 Å². The number of benzene rings is 1. The van der Waals surface area contributed by atoms with Crippen molar-refractivity contribution in [2.75, 3.05) is 45.7 Å². The van der Waals surface area contributed by atoms with Crippen molar-refractivity contribution in [2.45, 2.75) is 0 Å². The largest absolute Gasteiger partial charge is 0.378 e. The van der Waals surface area contributed by atoms with Gasteiger partial charge >= 0.3 is 0 Å². The predicted octanol–water partition coefficient (Wildman–Crippen LogP) is 2.24. The molecule has 0 radical (unpaired) electrons. The summed E-state index contributed by atoms with van der Waals surface area (Å²) in [6.07, 6.45) is 0. The van der Waals surface area contributed by atoms with E-state index < -0.39 is 4.92 Å². The zero-order chi connectivity index (χ0) is 14.3. The second kappa shape index (κ2) is 7.93. The summed E-state index contributed by atoms with van der Waals surface area (Å²) in [5.74, 6) is 0. The summed E-state index contributed by atoms with van der Waals surface area (Å²) in [4.78, 5) is 12.4. The molecule has 106 valence electrons. The quantitative estimate of drug-likeness (QED) is 0.451. The van der Waals surface area contributed by atoms with E-state index >= 15 is 0 Å². The Bertz CT molecular complexity index is 427. The third-order valence-electron chi connectivity index (χ3n) is 2.40. The van der Waals surface area contributed by atoms with E-state index in [0.29, 0.717) is 30.5 Å². The van der Waals surface area contributed by atoms with Gasteiger partial charge in [0, 0.05) is 24.2 Å². The van der Waals surface area contributed by atoms with E-state index in [1.54, 1.807) is 6.07 Å². The van der Waals surface area contributed by atoms with Gasteiger partial charge in [0.1, 0.15) is 5.69 Å². The molecule has 0 fully saturated rings. The predicted molar refractivity (Wildman–Crippen MR) is 76.0 cm³/mol. The maximum Gasteiger partial charge on any atom is 0.292 e. The molecule has 0 aliphatic heterocycles. The first-order chi connectivity index (χ1) is 9.00. The molecule has 0 bridgehead atoms. The molecule has 0 aromatic heterocycles. The number of anilines is 1. The fourth-order valence-corrected chi connectivity index (χ4v) is 1.59. The maximum atomic E-state index is 10.8. The average Bonchev–Trinajstić information content (AvgIpc) is 2.33.